The standard InChI is InChI=1S/C24H32N6O.HI/c1-18-15-19(2)30(28-18)21-10-5-4-9-20(21)16-26-24(25-3)27-17-22(23-11-8-14-31-23)29-12-6-7-13-29;/h4-5,8-11,14-15,22H,6-7,12-13,16-17H2,1-3H3,(H2,25,26,27);1H. The van der Waals surface area contributed by atoms with E-state index in [1.165, 1.54) is 18.4 Å². The monoisotopic (exact) mass is 548 g/mol. The van der Waals surface area contributed by atoms with Gasteiger partial charge in [0.05, 0.1) is 23.7 Å². The number of hydrogen-bond donors (Lipinski definition) is 2. The maximum atomic E-state index is 5.73. The maximum Gasteiger partial charge on any atom is 0.191 e. The molecule has 1 unspecified atom stereocenters. The minimum absolute atomic E-state index is 0. The number of nitrogens with zero attached hydrogens (tertiary/aromatic N) is 4. The smallest absolute Gasteiger partial charge is 0.191 e. The van der Waals surface area contributed by atoms with Gasteiger partial charge in [0.1, 0.15) is 5.76 Å². The van der Waals surface area contributed by atoms with Crippen molar-refractivity contribution >= 4 is 29.9 Å². The Kier molecular flexibility index (Phi) is 8.75. The van der Waals surface area contributed by atoms with Gasteiger partial charge in [0, 0.05) is 25.8 Å². The van der Waals surface area contributed by atoms with E-state index in [0.717, 1.165) is 48.4 Å². The van der Waals surface area contributed by atoms with Gasteiger partial charge in [-0.15, -0.1) is 24.0 Å². The maximum absolute atomic E-state index is 5.73. The van der Waals surface area contributed by atoms with E-state index in [0.29, 0.717) is 6.54 Å². The molecule has 1 aromatic carbocycles. The van der Waals surface area contributed by atoms with E-state index in [-0.39, 0.29) is 30.0 Å². The lowest BCUT2D eigenvalue weighted by molar-refractivity contribution is 0.215. The zero-order valence-corrected chi connectivity index (χ0v) is 21.4. The fraction of sp³-hybridized carbons (Fsp3) is 0.417. The molecule has 3 aromatic rings. The number of aromatic nitrogens is 2. The molecule has 0 spiro atoms. The fourth-order valence-corrected chi connectivity index (χ4v) is 4.28. The van der Waals surface area contributed by atoms with Crippen LogP contribution in [0.2, 0.25) is 0 Å². The molecule has 0 aliphatic carbocycles. The van der Waals surface area contributed by atoms with Crippen molar-refractivity contribution in [2.24, 2.45) is 4.99 Å². The molecule has 8 heteroatoms. The first-order valence-electron chi connectivity index (χ1n) is 11.0. The first kappa shape index (κ1) is 24.3. The van der Waals surface area contributed by atoms with Crippen LogP contribution in [-0.2, 0) is 6.54 Å². The molecule has 2 N–H and O–H groups in total. The number of likely N-dealkylation sites (tertiary alicyclic amines) is 1. The summed E-state index contributed by atoms with van der Waals surface area (Å²) in [6.07, 6.45) is 4.24. The van der Waals surface area contributed by atoms with Gasteiger partial charge in [0.15, 0.2) is 5.96 Å². The number of para-hydroxylation sites is 1. The Bertz CT molecular complexity index is 1010. The first-order valence-corrected chi connectivity index (χ1v) is 11.0. The molecule has 0 radical (unpaired) electrons. The Balaban J connectivity index is 0.00000289. The van der Waals surface area contributed by atoms with Gasteiger partial charge in [0.25, 0.3) is 0 Å². The normalized spacial score (nSPS) is 15.4. The topological polar surface area (TPSA) is 70.6 Å². The van der Waals surface area contributed by atoms with Crippen LogP contribution in [0, 0.1) is 13.8 Å². The molecule has 2 aromatic heterocycles. The van der Waals surface area contributed by atoms with Crippen LogP contribution in [0.3, 0.4) is 0 Å². The van der Waals surface area contributed by atoms with Crippen LogP contribution < -0.4 is 10.6 Å². The van der Waals surface area contributed by atoms with Crippen LogP contribution in [0.1, 0.15) is 41.6 Å². The minimum atomic E-state index is 0. The molecule has 1 aliphatic rings. The van der Waals surface area contributed by atoms with Crippen LogP contribution in [-0.4, -0.2) is 47.3 Å². The van der Waals surface area contributed by atoms with Crippen molar-refractivity contribution in [1.29, 1.82) is 0 Å². The summed E-state index contributed by atoms with van der Waals surface area (Å²) in [6.45, 7) is 7.71. The van der Waals surface area contributed by atoms with Crippen molar-refractivity contribution in [3.05, 3.63) is 71.4 Å². The highest BCUT2D eigenvalue weighted by Gasteiger charge is 2.25. The molecule has 0 amide bonds. The van der Waals surface area contributed by atoms with Gasteiger partial charge in [0.2, 0.25) is 0 Å². The molecular weight excluding hydrogens is 515 g/mol. The van der Waals surface area contributed by atoms with E-state index in [1.54, 1.807) is 13.3 Å². The lowest BCUT2D eigenvalue weighted by Gasteiger charge is -2.26. The second kappa shape index (κ2) is 11.5. The van der Waals surface area contributed by atoms with Gasteiger partial charge in [-0.1, -0.05) is 18.2 Å². The number of aryl methyl sites for hydroxylation is 2. The third-order valence-corrected chi connectivity index (χ3v) is 5.82. The average molecular weight is 548 g/mol. The van der Waals surface area contributed by atoms with E-state index < -0.39 is 0 Å². The number of aliphatic imine (C=N–C) groups is 1. The summed E-state index contributed by atoms with van der Waals surface area (Å²) in [5.74, 6) is 1.78. The summed E-state index contributed by atoms with van der Waals surface area (Å²) in [6, 6.07) is 14.7. The number of halogens is 1. The number of furan rings is 1. The van der Waals surface area contributed by atoms with Crippen LogP contribution in [0.15, 0.2) is 58.1 Å². The number of guanidine groups is 1. The summed E-state index contributed by atoms with van der Waals surface area (Å²) in [5, 5.41) is 11.6. The molecule has 172 valence electrons. The zero-order chi connectivity index (χ0) is 21.6. The SMILES string of the molecule is CN=C(NCc1ccccc1-n1nc(C)cc1C)NCC(c1ccco1)N1CCCC1.I. The highest BCUT2D eigenvalue weighted by Crippen LogP contribution is 2.25. The van der Waals surface area contributed by atoms with E-state index in [2.05, 4.69) is 62.9 Å². The van der Waals surface area contributed by atoms with Crippen molar-refractivity contribution in [2.45, 2.75) is 39.3 Å². The number of rotatable bonds is 7. The Labute approximate surface area is 207 Å². The molecule has 1 fully saturated rings. The lowest BCUT2D eigenvalue weighted by Crippen LogP contribution is -2.42. The number of hydrogen-bond acceptors (Lipinski definition) is 4. The molecular formula is C24H33IN6O. The predicted molar refractivity (Wildman–Crippen MR) is 139 cm³/mol. The third-order valence-electron chi connectivity index (χ3n) is 5.82. The highest BCUT2D eigenvalue weighted by atomic mass is 127. The summed E-state index contributed by atoms with van der Waals surface area (Å²) in [4.78, 5) is 6.91. The van der Waals surface area contributed by atoms with Crippen molar-refractivity contribution < 1.29 is 4.42 Å². The lowest BCUT2D eigenvalue weighted by atomic mass is 10.1. The Hall–Kier alpha value is -2.33. The zero-order valence-electron chi connectivity index (χ0n) is 19.0. The summed E-state index contributed by atoms with van der Waals surface area (Å²) in [5.41, 5.74) is 4.39. The molecule has 4 rings (SSSR count). The van der Waals surface area contributed by atoms with Crippen LogP contribution in [0.25, 0.3) is 5.69 Å². The van der Waals surface area contributed by atoms with Crippen LogP contribution in [0.5, 0.6) is 0 Å². The molecule has 1 atom stereocenters. The Morgan fingerprint density at radius 2 is 1.91 bits per heavy atom. The van der Waals surface area contributed by atoms with Gasteiger partial charge >= 0.3 is 0 Å². The first-order chi connectivity index (χ1) is 15.2. The van der Waals surface area contributed by atoms with E-state index in [1.807, 2.05) is 23.7 Å². The van der Waals surface area contributed by atoms with Crippen molar-refractivity contribution in [3.8, 4) is 5.69 Å². The van der Waals surface area contributed by atoms with Gasteiger partial charge in [-0.25, -0.2) is 4.68 Å². The third kappa shape index (κ3) is 5.72. The number of benzene rings is 1. The second-order valence-electron chi connectivity index (χ2n) is 8.05. The summed E-state index contributed by atoms with van der Waals surface area (Å²) >= 11 is 0. The number of nitrogens with one attached hydrogen (secondary N) is 2. The van der Waals surface area contributed by atoms with E-state index in [9.17, 15) is 0 Å². The second-order valence-corrected chi connectivity index (χ2v) is 8.05. The van der Waals surface area contributed by atoms with Crippen molar-refractivity contribution in [1.82, 2.24) is 25.3 Å². The molecule has 1 saturated heterocycles. The molecule has 7 nitrogen and oxygen atoms in total. The molecule has 3 heterocycles. The van der Waals surface area contributed by atoms with Crippen molar-refractivity contribution in [2.75, 3.05) is 26.7 Å². The molecule has 0 bridgehead atoms. The average Bonchev–Trinajstić information content (AvgIpc) is 3.54. The van der Waals surface area contributed by atoms with Gasteiger partial charge < -0.3 is 15.1 Å². The predicted octanol–water partition coefficient (Wildman–Crippen LogP) is 4.20. The van der Waals surface area contributed by atoms with E-state index >= 15 is 0 Å². The van der Waals surface area contributed by atoms with Crippen molar-refractivity contribution in [3.63, 3.8) is 0 Å². The van der Waals surface area contributed by atoms with Crippen LogP contribution >= 0.6 is 24.0 Å². The Morgan fingerprint density at radius 1 is 1.12 bits per heavy atom. The molecule has 0 saturated carbocycles. The molecule has 32 heavy (non-hydrogen) atoms. The summed E-state index contributed by atoms with van der Waals surface area (Å²) < 4.78 is 7.73. The molecule has 1 aliphatic heterocycles. The quantitative estimate of drug-likeness (QED) is 0.263. The minimum Gasteiger partial charge on any atom is -0.468 e. The Morgan fingerprint density at radius 3 is 2.56 bits per heavy atom. The van der Waals surface area contributed by atoms with Gasteiger partial charge in [-0.3, -0.25) is 9.89 Å². The van der Waals surface area contributed by atoms with Crippen LogP contribution in [0.4, 0.5) is 0 Å². The highest BCUT2D eigenvalue weighted by molar-refractivity contribution is 14.0. The summed E-state index contributed by atoms with van der Waals surface area (Å²) in [7, 11) is 1.81. The van der Waals surface area contributed by atoms with Gasteiger partial charge in [-0.05, 0) is 69.6 Å². The van der Waals surface area contributed by atoms with E-state index in [4.69, 9.17) is 4.42 Å². The van der Waals surface area contributed by atoms with Gasteiger partial charge in [-0.2, -0.15) is 5.10 Å². The fourth-order valence-electron chi connectivity index (χ4n) is 4.28. The largest absolute Gasteiger partial charge is 0.468 e.